The Kier molecular flexibility index (Phi) is 5.54. The number of nitrogens with zero attached hydrogens (tertiary/aromatic N) is 1. The molecule has 0 saturated carbocycles. The van der Waals surface area contributed by atoms with E-state index in [9.17, 15) is 4.79 Å². The first-order valence-corrected chi connectivity index (χ1v) is 8.69. The number of benzene rings is 1. The Balaban J connectivity index is 1.58. The Morgan fingerprint density at radius 2 is 1.88 bits per heavy atom. The molecule has 0 unspecified atom stereocenters. The van der Waals surface area contributed by atoms with Crippen molar-refractivity contribution in [2.45, 2.75) is 33.2 Å². The van der Waals surface area contributed by atoms with Crippen LogP contribution < -0.4 is 10.1 Å². The summed E-state index contributed by atoms with van der Waals surface area (Å²) in [6, 6.07) is 13.2. The van der Waals surface area contributed by atoms with Crippen LogP contribution in [0.5, 0.6) is 5.88 Å². The third kappa shape index (κ3) is 4.39. The van der Waals surface area contributed by atoms with E-state index in [0.29, 0.717) is 11.6 Å². The summed E-state index contributed by atoms with van der Waals surface area (Å²) in [5.74, 6) is 0.364. The molecule has 0 radical (unpaired) electrons. The summed E-state index contributed by atoms with van der Waals surface area (Å²) in [6.07, 6.45) is 1.19. The number of pyridine rings is 1. The molecule has 0 bridgehead atoms. The molecule has 1 N–H and O–H groups in total. The lowest BCUT2D eigenvalue weighted by atomic mass is 9.90. The third-order valence-electron chi connectivity index (χ3n) is 4.08. The van der Waals surface area contributed by atoms with Gasteiger partial charge in [0.1, 0.15) is 0 Å². The molecule has 26 heavy (non-hydrogen) atoms. The number of hydrogen-bond donors (Lipinski definition) is 1. The van der Waals surface area contributed by atoms with Crippen LogP contribution >= 0.6 is 0 Å². The summed E-state index contributed by atoms with van der Waals surface area (Å²) in [5, 5.41) is 2.87. The molecule has 1 aromatic heterocycles. The molecule has 2 aromatic rings. The Morgan fingerprint density at radius 1 is 1.19 bits per heavy atom. The minimum absolute atomic E-state index is 0.0518. The van der Waals surface area contributed by atoms with Gasteiger partial charge in [0.25, 0.3) is 0 Å². The predicted molar refractivity (Wildman–Crippen MR) is 97.8 cm³/mol. The van der Waals surface area contributed by atoms with Crippen molar-refractivity contribution in [1.29, 1.82) is 0 Å². The van der Waals surface area contributed by atoms with Crippen LogP contribution in [-0.4, -0.2) is 30.2 Å². The quantitative estimate of drug-likeness (QED) is 0.887. The molecule has 1 amide bonds. The van der Waals surface area contributed by atoms with Gasteiger partial charge in [-0.15, -0.1) is 0 Å². The first-order valence-electron chi connectivity index (χ1n) is 8.69. The Morgan fingerprint density at radius 3 is 2.46 bits per heavy atom. The van der Waals surface area contributed by atoms with Crippen LogP contribution in [0.4, 0.5) is 5.69 Å². The van der Waals surface area contributed by atoms with E-state index in [1.54, 1.807) is 18.3 Å². The molecule has 138 valence electrons. The second-order valence-electron chi connectivity index (χ2n) is 6.93. The molecule has 1 fully saturated rings. The monoisotopic (exact) mass is 356 g/mol. The van der Waals surface area contributed by atoms with Gasteiger partial charge in [-0.2, -0.15) is 0 Å². The molecule has 1 aliphatic rings. The molecule has 2 heterocycles. The van der Waals surface area contributed by atoms with E-state index in [0.717, 1.165) is 5.56 Å². The van der Waals surface area contributed by atoms with E-state index < -0.39 is 11.7 Å². The lowest BCUT2D eigenvalue weighted by molar-refractivity contribution is -0.226. The number of nitrogens with one attached hydrogen (secondary N) is 1. The number of rotatable bonds is 5. The minimum Gasteiger partial charge on any atom is -0.475 e. The van der Waals surface area contributed by atoms with E-state index in [1.165, 1.54) is 0 Å². The number of hydrogen-bond acceptors (Lipinski definition) is 5. The average molecular weight is 356 g/mol. The van der Waals surface area contributed by atoms with E-state index in [4.69, 9.17) is 14.2 Å². The standard InChI is InChI=1S/C20H24N2O4/c1-14(2)26-17-10-9-16(11-21-17)22-19(23)20(3)12-24-18(25-13-20)15-7-5-4-6-8-15/h4-11,14,18H,12-13H2,1-3H3,(H,22,23). The lowest BCUT2D eigenvalue weighted by Crippen LogP contribution is -2.45. The predicted octanol–water partition coefficient (Wildman–Crippen LogP) is 3.56. The van der Waals surface area contributed by atoms with Gasteiger partial charge in [-0.25, -0.2) is 4.98 Å². The van der Waals surface area contributed by atoms with Gasteiger partial charge in [0.05, 0.1) is 36.6 Å². The SMILES string of the molecule is CC(C)Oc1ccc(NC(=O)C2(C)COC(c3ccccc3)OC2)cn1. The molecule has 6 nitrogen and oxygen atoms in total. The number of anilines is 1. The van der Waals surface area contributed by atoms with E-state index in [2.05, 4.69) is 10.3 Å². The summed E-state index contributed by atoms with van der Waals surface area (Å²) in [4.78, 5) is 16.9. The summed E-state index contributed by atoms with van der Waals surface area (Å²) in [5.41, 5.74) is 0.788. The highest BCUT2D eigenvalue weighted by atomic mass is 16.7. The molecule has 0 atom stereocenters. The van der Waals surface area contributed by atoms with Gasteiger partial charge in [-0.3, -0.25) is 4.79 Å². The van der Waals surface area contributed by atoms with Crippen LogP contribution in [0.2, 0.25) is 0 Å². The zero-order valence-electron chi connectivity index (χ0n) is 15.3. The second kappa shape index (κ2) is 7.85. The molecule has 6 heteroatoms. The van der Waals surface area contributed by atoms with E-state index >= 15 is 0 Å². The summed E-state index contributed by atoms with van der Waals surface area (Å²) in [7, 11) is 0. The highest BCUT2D eigenvalue weighted by Gasteiger charge is 2.39. The van der Waals surface area contributed by atoms with Crippen molar-refractivity contribution in [1.82, 2.24) is 4.98 Å². The van der Waals surface area contributed by atoms with Crippen molar-refractivity contribution in [2.24, 2.45) is 5.41 Å². The summed E-state index contributed by atoms with van der Waals surface area (Å²) < 4.78 is 17.1. The van der Waals surface area contributed by atoms with Gasteiger partial charge in [0.2, 0.25) is 11.8 Å². The number of carbonyl (C=O) groups is 1. The van der Waals surface area contributed by atoms with Gasteiger partial charge in [-0.05, 0) is 26.8 Å². The molecule has 0 spiro atoms. The molecular formula is C20H24N2O4. The van der Waals surface area contributed by atoms with Crippen molar-refractivity contribution in [2.75, 3.05) is 18.5 Å². The van der Waals surface area contributed by atoms with Crippen molar-refractivity contribution >= 4 is 11.6 Å². The Hall–Kier alpha value is -2.44. The fourth-order valence-electron chi connectivity index (χ4n) is 2.59. The Bertz CT molecular complexity index is 723. The lowest BCUT2D eigenvalue weighted by Gasteiger charge is -2.36. The van der Waals surface area contributed by atoms with Crippen LogP contribution in [0.3, 0.4) is 0 Å². The van der Waals surface area contributed by atoms with Gasteiger partial charge in [-0.1, -0.05) is 30.3 Å². The number of ether oxygens (including phenoxy) is 3. The fourth-order valence-corrected chi connectivity index (χ4v) is 2.59. The van der Waals surface area contributed by atoms with Crippen LogP contribution in [0.15, 0.2) is 48.7 Å². The minimum atomic E-state index is -0.765. The Labute approximate surface area is 153 Å². The highest BCUT2D eigenvalue weighted by molar-refractivity contribution is 5.95. The third-order valence-corrected chi connectivity index (χ3v) is 4.08. The normalized spacial score (nSPS) is 22.8. The second-order valence-corrected chi connectivity index (χ2v) is 6.93. The van der Waals surface area contributed by atoms with Gasteiger partial charge in [0.15, 0.2) is 6.29 Å². The number of aromatic nitrogens is 1. The van der Waals surface area contributed by atoms with E-state index in [1.807, 2.05) is 51.1 Å². The molecule has 1 aromatic carbocycles. The van der Waals surface area contributed by atoms with Crippen LogP contribution in [0.1, 0.15) is 32.6 Å². The molecule has 1 saturated heterocycles. The first kappa shape index (κ1) is 18.4. The first-order chi connectivity index (χ1) is 12.5. The van der Waals surface area contributed by atoms with Crippen LogP contribution in [-0.2, 0) is 14.3 Å². The highest BCUT2D eigenvalue weighted by Crippen LogP contribution is 2.32. The maximum atomic E-state index is 12.7. The average Bonchev–Trinajstić information content (AvgIpc) is 2.64. The maximum Gasteiger partial charge on any atom is 0.235 e. The van der Waals surface area contributed by atoms with Crippen molar-refractivity contribution in [3.63, 3.8) is 0 Å². The summed E-state index contributed by atoms with van der Waals surface area (Å²) in [6.45, 7) is 6.25. The smallest absolute Gasteiger partial charge is 0.235 e. The van der Waals surface area contributed by atoms with Gasteiger partial charge < -0.3 is 19.5 Å². The maximum absolute atomic E-state index is 12.7. The molecule has 0 aliphatic carbocycles. The van der Waals surface area contributed by atoms with Crippen LogP contribution in [0, 0.1) is 5.41 Å². The van der Waals surface area contributed by atoms with Crippen molar-refractivity contribution < 1.29 is 19.0 Å². The van der Waals surface area contributed by atoms with Gasteiger partial charge >= 0.3 is 0 Å². The fraction of sp³-hybridized carbons (Fsp3) is 0.400. The number of carbonyl (C=O) groups excluding carboxylic acids is 1. The van der Waals surface area contributed by atoms with Crippen molar-refractivity contribution in [3.05, 3.63) is 54.2 Å². The number of amides is 1. The molecule has 1 aliphatic heterocycles. The summed E-state index contributed by atoms with van der Waals surface area (Å²) >= 11 is 0. The van der Waals surface area contributed by atoms with E-state index in [-0.39, 0.29) is 25.2 Å². The van der Waals surface area contributed by atoms with Crippen molar-refractivity contribution in [3.8, 4) is 5.88 Å². The topological polar surface area (TPSA) is 69.7 Å². The van der Waals surface area contributed by atoms with Crippen LogP contribution in [0.25, 0.3) is 0 Å². The largest absolute Gasteiger partial charge is 0.475 e. The molecule has 3 rings (SSSR count). The zero-order valence-corrected chi connectivity index (χ0v) is 15.3. The molecular weight excluding hydrogens is 332 g/mol. The zero-order chi connectivity index (χ0) is 18.6. The van der Waals surface area contributed by atoms with Gasteiger partial charge in [0, 0.05) is 11.6 Å².